The predicted molar refractivity (Wildman–Crippen MR) is 186 cm³/mol. The second-order valence-corrected chi connectivity index (χ2v) is 12.0. The van der Waals surface area contributed by atoms with Crippen LogP contribution in [0.25, 0.3) is 16.8 Å². The highest BCUT2D eigenvalue weighted by molar-refractivity contribution is 7.07. The number of hydrogen-bond acceptors (Lipinski definition) is 9. The van der Waals surface area contributed by atoms with Gasteiger partial charge in [0.1, 0.15) is 24.1 Å². The van der Waals surface area contributed by atoms with E-state index < -0.39 is 12.0 Å². The highest BCUT2D eigenvalue weighted by atomic mass is 32.1. The summed E-state index contributed by atoms with van der Waals surface area (Å²) in [5.41, 5.74) is 2.81. The van der Waals surface area contributed by atoms with Crippen molar-refractivity contribution in [1.29, 1.82) is 0 Å². The van der Waals surface area contributed by atoms with Gasteiger partial charge in [0.2, 0.25) is 0 Å². The molecule has 1 atom stereocenters. The normalized spacial score (nSPS) is 14.4. The average molecular weight is 665 g/mol. The van der Waals surface area contributed by atoms with E-state index in [0.717, 1.165) is 21.9 Å². The lowest BCUT2D eigenvalue weighted by molar-refractivity contribution is -0.139. The average Bonchev–Trinajstić information content (AvgIpc) is 3.40. The molecule has 0 N–H and O–H groups in total. The summed E-state index contributed by atoms with van der Waals surface area (Å²) >= 11 is 1.24. The molecule has 10 heteroatoms. The van der Waals surface area contributed by atoms with Gasteiger partial charge in [0.15, 0.2) is 16.3 Å². The van der Waals surface area contributed by atoms with Crippen LogP contribution in [0, 0.1) is 0 Å². The summed E-state index contributed by atoms with van der Waals surface area (Å²) in [7, 11) is 3.10. The minimum atomic E-state index is -0.851. The Balaban J connectivity index is 1.41. The van der Waals surface area contributed by atoms with Gasteiger partial charge in [-0.1, -0.05) is 59.9 Å². The molecular formula is C38H36N2O7S. The smallest absolute Gasteiger partial charge is 0.338 e. The number of carbonyl (C=O) groups excluding carboxylic acids is 1. The fraction of sp³-hybridized carbons (Fsp3) is 0.237. The summed E-state index contributed by atoms with van der Waals surface area (Å²) in [6.07, 6.45) is 1.80. The first-order chi connectivity index (χ1) is 23.4. The van der Waals surface area contributed by atoms with Crippen molar-refractivity contribution in [3.8, 4) is 23.0 Å². The molecule has 1 aliphatic rings. The fourth-order valence-electron chi connectivity index (χ4n) is 5.87. The zero-order valence-corrected chi connectivity index (χ0v) is 28.3. The lowest BCUT2D eigenvalue weighted by Crippen LogP contribution is -2.40. The molecule has 1 aromatic heterocycles. The number of carbonyl (C=O) groups is 1. The number of esters is 1. The van der Waals surface area contributed by atoms with Crippen molar-refractivity contribution in [2.45, 2.75) is 33.4 Å². The second kappa shape index (κ2) is 14.2. The molecule has 6 rings (SSSR count). The Morgan fingerprint density at radius 2 is 1.69 bits per heavy atom. The van der Waals surface area contributed by atoms with E-state index in [1.807, 2.05) is 43.3 Å². The van der Waals surface area contributed by atoms with Crippen LogP contribution in [0.15, 0.2) is 99.9 Å². The van der Waals surface area contributed by atoms with E-state index >= 15 is 0 Å². The van der Waals surface area contributed by atoms with Crippen molar-refractivity contribution in [3.63, 3.8) is 0 Å². The first-order valence-electron chi connectivity index (χ1n) is 15.6. The van der Waals surface area contributed by atoms with E-state index in [1.54, 1.807) is 52.3 Å². The van der Waals surface area contributed by atoms with Gasteiger partial charge in [-0.15, -0.1) is 0 Å². The Hall–Kier alpha value is -5.35. The van der Waals surface area contributed by atoms with Crippen LogP contribution in [0.5, 0.6) is 23.0 Å². The topological polar surface area (TPSA) is 97.6 Å². The van der Waals surface area contributed by atoms with Crippen LogP contribution in [-0.4, -0.2) is 38.0 Å². The molecule has 0 spiro atoms. The number of thiazole rings is 1. The third kappa shape index (κ3) is 6.31. The molecule has 48 heavy (non-hydrogen) atoms. The number of fused-ring (bicyclic) bond motifs is 2. The van der Waals surface area contributed by atoms with E-state index in [2.05, 4.69) is 29.3 Å². The number of allylic oxidation sites excluding steroid dienone is 1. The molecule has 0 saturated carbocycles. The van der Waals surface area contributed by atoms with Crippen LogP contribution in [0.1, 0.15) is 43.5 Å². The van der Waals surface area contributed by atoms with Gasteiger partial charge in [-0.25, -0.2) is 9.79 Å². The molecule has 4 aromatic carbocycles. The Morgan fingerprint density at radius 3 is 2.46 bits per heavy atom. The molecule has 5 aromatic rings. The van der Waals surface area contributed by atoms with Crippen molar-refractivity contribution in [2.75, 3.05) is 27.4 Å². The molecule has 1 aliphatic heterocycles. The molecule has 0 unspecified atom stereocenters. The van der Waals surface area contributed by atoms with Crippen LogP contribution < -0.4 is 33.8 Å². The van der Waals surface area contributed by atoms with Crippen molar-refractivity contribution in [3.05, 3.63) is 127 Å². The number of ether oxygens (including phenoxy) is 5. The molecule has 0 fully saturated rings. The van der Waals surface area contributed by atoms with Gasteiger partial charge in [-0.05, 0) is 79.1 Å². The zero-order chi connectivity index (χ0) is 33.8. The maximum Gasteiger partial charge on any atom is 0.338 e. The van der Waals surface area contributed by atoms with Crippen LogP contribution in [0.2, 0.25) is 0 Å². The summed E-state index contributed by atoms with van der Waals surface area (Å²) in [5.74, 6) is 1.66. The Morgan fingerprint density at radius 1 is 0.896 bits per heavy atom. The van der Waals surface area contributed by atoms with Gasteiger partial charge >= 0.3 is 5.97 Å². The third-order valence-electron chi connectivity index (χ3n) is 8.08. The van der Waals surface area contributed by atoms with Crippen LogP contribution in [-0.2, 0) is 16.1 Å². The van der Waals surface area contributed by atoms with E-state index in [4.69, 9.17) is 23.7 Å². The first-order valence-corrected chi connectivity index (χ1v) is 16.5. The lowest BCUT2D eigenvalue weighted by atomic mass is 9.94. The number of rotatable bonds is 11. The molecule has 2 heterocycles. The highest BCUT2D eigenvalue weighted by Gasteiger charge is 2.35. The summed E-state index contributed by atoms with van der Waals surface area (Å²) in [4.78, 5) is 32.7. The van der Waals surface area contributed by atoms with Gasteiger partial charge in [-0.2, -0.15) is 0 Å². The number of benzene rings is 4. The second-order valence-electron chi connectivity index (χ2n) is 11.0. The Labute approximate surface area is 281 Å². The number of methoxy groups -OCH3 is 2. The Bertz CT molecular complexity index is 2210. The lowest BCUT2D eigenvalue weighted by Gasteiger charge is -2.26. The highest BCUT2D eigenvalue weighted by Crippen LogP contribution is 2.38. The number of aromatic nitrogens is 1. The van der Waals surface area contributed by atoms with E-state index in [9.17, 15) is 9.59 Å². The van der Waals surface area contributed by atoms with Crippen molar-refractivity contribution >= 4 is 34.2 Å². The summed E-state index contributed by atoms with van der Waals surface area (Å²) < 4.78 is 30.8. The largest absolute Gasteiger partial charge is 0.497 e. The Kier molecular flexibility index (Phi) is 9.63. The quantitative estimate of drug-likeness (QED) is 0.161. The minimum Gasteiger partial charge on any atom is -0.497 e. The van der Waals surface area contributed by atoms with Gasteiger partial charge in [0.25, 0.3) is 5.56 Å². The predicted octanol–water partition coefficient (Wildman–Crippen LogP) is 5.95. The van der Waals surface area contributed by atoms with Gasteiger partial charge in [0.05, 0.1) is 43.2 Å². The number of nitrogens with zero attached hydrogens (tertiary/aromatic N) is 2. The molecule has 0 radical (unpaired) electrons. The van der Waals surface area contributed by atoms with E-state index in [-0.39, 0.29) is 17.7 Å². The molecule has 246 valence electrons. The molecule has 0 bridgehead atoms. The van der Waals surface area contributed by atoms with Crippen molar-refractivity contribution in [1.82, 2.24) is 4.57 Å². The van der Waals surface area contributed by atoms with Crippen LogP contribution in [0.3, 0.4) is 0 Å². The van der Waals surface area contributed by atoms with Crippen molar-refractivity contribution in [2.24, 2.45) is 4.99 Å². The molecule has 0 amide bonds. The summed E-state index contributed by atoms with van der Waals surface area (Å²) in [6.45, 7) is 6.38. The van der Waals surface area contributed by atoms with Crippen LogP contribution >= 0.6 is 11.3 Å². The molecule has 9 nitrogen and oxygen atoms in total. The van der Waals surface area contributed by atoms with E-state index in [1.165, 1.54) is 15.9 Å². The monoisotopic (exact) mass is 664 g/mol. The number of hydrogen-bond donors (Lipinski definition) is 0. The maximum atomic E-state index is 14.2. The molecule has 0 saturated heterocycles. The van der Waals surface area contributed by atoms with Crippen molar-refractivity contribution < 1.29 is 28.5 Å². The summed E-state index contributed by atoms with van der Waals surface area (Å²) in [6, 6.07) is 24.4. The van der Waals surface area contributed by atoms with Gasteiger partial charge in [0, 0.05) is 5.56 Å². The van der Waals surface area contributed by atoms with Gasteiger partial charge in [-0.3, -0.25) is 9.36 Å². The minimum absolute atomic E-state index is 0.172. The summed E-state index contributed by atoms with van der Waals surface area (Å²) in [5, 5.41) is 2.29. The standard InChI is InChI=1S/C38H36N2O7S/c1-6-45-32-19-24(15-17-31(32)47-22-26-13-10-12-25-11-8-9-14-28(25)26)20-33-36(41)40-35(29-21-27(43-4)16-18-30(29)44-5)34(37(42)46-7-2)23(3)39-38(40)48-33/h8-21,35H,6-7,22H2,1-5H3/b33-20-/t35-/m0/s1. The maximum absolute atomic E-state index is 14.2. The molecular weight excluding hydrogens is 628 g/mol. The molecule has 0 aliphatic carbocycles. The van der Waals surface area contributed by atoms with Crippen LogP contribution in [0.4, 0.5) is 0 Å². The van der Waals surface area contributed by atoms with Gasteiger partial charge < -0.3 is 23.7 Å². The van der Waals surface area contributed by atoms with E-state index in [0.29, 0.717) is 56.8 Å². The third-order valence-corrected chi connectivity index (χ3v) is 9.06. The fourth-order valence-corrected chi connectivity index (χ4v) is 6.91. The first kappa shape index (κ1) is 32.6. The SMILES string of the molecule is CCOC(=O)C1=C(C)N=c2s/c(=C\c3ccc(OCc4cccc5ccccc45)c(OCC)c3)c(=O)n2[C@H]1c1cc(OC)ccc1OC. The zero-order valence-electron chi connectivity index (χ0n) is 27.4.